The molecule has 16 heavy (non-hydrogen) atoms. The van der Waals surface area contributed by atoms with E-state index in [9.17, 15) is 9.90 Å². The van der Waals surface area contributed by atoms with Gasteiger partial charge in [-0.1, -0.05) is 6.92 Å². The molecule has 0 aliphatic heterocycles. The molecule has 0 radical (unpaired) electrons. The van der Waals surface area contributed by atoms with Crippen molar-refractivity contribution in [1.82, 2.24) is 9.97 Å². The SMILES string of the molecule is CCc1c(O)nc(-c2occc2Br)[nH]c1=O. The average molecular weight is 285 g/mol. The summed E-state index contributed by atoms with van der Waals surface area (Å²) in [5.74, 6) is 0.330. The number of nitrogens with zero attached hydrogens (tertiary/aromatic N) is 1. The summed E-state index contributed by atoms with van der Waals surface area (Å²) in [6, 6.07) is 1.68. The van der Waals surface area contributed by atoms with Crippen molar-refractivity contribution in [2.24, 2.45) is 0 Å². The van der Waals surface area contributed by atoms with Gasteiger partial charge in [0.1, 0.15) is 0 Å². The Hall–Kier alpha value is -1.56. The van der Waals surface area contributed by atoms with Crippen molar-refractivity contribution >= 4 is 15.9 Å². The first-order chi connectivity index (χ1) is 7.63. The first kappa shape index (κ1) is 10.9. The zero-order chi connectivity index (χ0) is 11.7. The molecule has 5 nitrogen and oxygen atoms in total. The fourth-order valence-corrected chi connectivity index (χ4v) is 1.76. The van der Waals surface area contributed by atoms with E-state index < -0.39 is 0 Å². The van der Waals surface area contributed by atoms with Crippen molar-refractivity contribution in [3.63, 3.8) is 0 Å². The van der Waals surface area contributed by atoms with Gasteiger partial charge in [-0.25, -0.2) is 0 Å². The highest BCUT2D eigenvalue weighted by Gasteiger charge is 2.14. The smallest absolute Gasteiger partial charge is 0.258 e. The van der Waals surface area contributed by atoms with Crippen LogP contribution in [0.2, 0.25) is 0 Å². The minimum Gasteiger partial charge on any atom is -0.493 e. The van der Waals surface area contributed by atoms with Crippen LogP contribution in [-0.2, 0) is 6.42 Å². The summed E-state index contributed by atoms with van der Waals surface area (Å²) >= 11 is 3.25. The second-order valence-electron chi connectivity index (χ2n) is 3.17. The van der Waals surface area contributed by atoms with Crippen LogP contribution in [0.25, 0.3) is 11.6 Å². The Labute approximate surface area is 99.3 Å². The monoisotopic (exact) mass is 284 g/mol. The number of halogens is 1. The first-order valence-electron chi connectivity index (χ1n) is 4.69. The molecule has 2 N–H and O–H groups in total. The van der Waals surface area contributed by atoms with Gasteiger partial charge in [-0.05, 0) is 28.4 Å². The lowest BCUT2D eigenvalue weighted by Gasteiger charge is -2.02. The Kier molecular flexibility index (Phi) is 2.82. The van der Waals surface area contributed by atoms with Gasteiger partial charge in [-0.2, -0.15) is 4.98 Å². The normalized spacial score (nSPS) is 10.6. The van der Waals surface area contributed by atoms with E-state index in [1.54, 1.807) is 13.0 Å². The number of aromatic amines is 1. The number of H-pyrrole nitrogens is 1. The number of aromatic nitrogens is 2. The molecule has 2 aromatic rings. The summed E-state index contributed by atoms with van der Waals surface area (Å²) in [5.41, 5.74) is -0.0836. The molecule has 0 aliphatic carbocycles. The van der Waals surface area contributed by atoms with Gasteiger partial charge in [0.15, 0.2) is 11.6 Å². The molecule has 84 valence electrons. The molecule has 2 rings (SSSR count). The Bertz CT molecular complexity index is 574. The number of hydrogen-bond acceptors (Lipinski definition) is 4. The molecule has 0 unspecified atom stereocenters. The largest absolute Gasteiger partial charge is 0.493 e. The van der Waals surface area contributed by atoms with Gasteiger partial charge in [0, 0.05) is 0 Å². The van der Waals surface area contributed by atoms with Crippen LogP contribution in [0.4, 0.5) is 0 Å². The van der Waals surface area contributed by atoms with Gasteiger partial charge < -0.3 is 14.5 Å². The van der Waals surface area contributed by atoms with Gasteiger partial charge in [-0.15, -0.1) is 0 Å². The van der Waals surface area contributed by atoms with E-state index in [4.69, 9.17) is 4.42 Å². The minimum absolute atomic E-state index is 0.205. The summed E-state index contributed by atoms with van der Waals surface area (Å²) in [5, 5.41) is 9.57. The molecule has 0 fully saturated rings. The van der Waals surface area contributed by atoms with Gasteiger partial charge in [0.05, 0.1) is 16.3 Å². The molecule has 2 aromatic heterocycles. The maximum Gasteiger partial charge on any atom is 0.258 e. The summed E-state index contributed by atoms with van der Waals surface area (Å²) in [7, 11) is 0. The molecule has 0 atom stereocenters. The highest BCUT2D eigenvalue weighted by atomic mass is 79.9. The lowest BCUT2D eigenvalue weighted by molar-refractivity contribution is 0.443. The van der Waals surface area contributed by atoms with Gasteiger partial charge in [-0.3, -0.25) is 4.79 Å². The second-order valence-corrected chi connectivity index (χ2v) is 4.02. The van der Waals surface area contributed by atoms with E-state index in [1.807, 2.05) is 0 Å². The molecular weight excluding hydrogens is 276 g/mol. The molecule has 2 heterocycles. The molecule has 0 saturated carbocycles. The summed E-state index contributed by atoms with van der Waals surface area (Å²) in [6.45, 7) is 1.77. The zero-order valence-corrected chi connectivity index (χ0v) is 10.0. The van der Waals surface area contributed by atoms with Crippen molar-refractivity contribution in [3.8, 4) is 17.5 Å². The van der Waals surface area contributed by atoms with Crippen molar-refractivity contribution in [2.75, 3.05) is 0 Å². The van der Waals surface area contributed by atoms with E-state index in [1.165, 1.54) is 6.26 Å². The van der Waals surface area contributed by atoms with E-state index in [0.717, 1.165) is 0 Å². The van der Waals surface area contributed by atoms with Crippen molar-refractivity contribution in [2.45, 2.75) is 13.3 Å². The summed E-state index contributed by atoms with van der Waals surface area (Å²) in [4.78, 5) is 18.0. The lowest BCUT2D eigenvalue weighted by atomic mass is 10.2. The maximum atomic E-state index is 11.6. The maximum absolute atomic E-state index is 11.6. The number of nitrogens with one attached hydrogen (secondary N) is 1. The first-order valence-corrected chi connectivity index (χ1v) is 5.48. The predicted molar refractivity (Wildman–Crippen MR) is 61.3 cm³/mol. The van der Waals surface area contributed by atoms with Crippen LogP contribution in [0.5, 0.6) is 5.88 Å². The van der Waals surface area contributed by atoms with Crippen LogP contribution < -0.4 is 5.56 Å². The molecule has 0 aliphatic rings. The van der Waals surface area contributed by atoms with Crippen LogP contribution in [0, 0.1) is 0 Å². The molecule has 0 bridgehead atoms. The Balaban J connectivity index is 2.61. The Morgan fingerprint density at radius 1 is 1.62 bits per heavy atom. The minimum atomic E-state index is -0.353. The standard InChI is InChI=1S/C10H9BrN2O3/c1-2-5-9(14)12-8(13-10(5)15)7-6(11)3-4-16-7/h3-4H,2H2,1H3,(H2,12,13,14,15). The molecule has 0 spiro atoms. The summed E-state index contributed by atoms with van der Waals surface area (Å²) in [6.07, 6.45) is 1.89. The number of aromatic hydroxyl groups is 1. The molecule has 0 aromatic carbocycles. The third-order valence-corrected chi connectivity index (χ3v) is 2.80. The third-order valence-electron chi connectivity index (χ3n) is 2.18. The van der Waals surface area contributed by atoms with E-state index in [-0.39, 0.29) is 22.8 Å². The number of rotatable bonds is 2. The molecule has 6 heteroatoms. The quantitative estimate of drug-likeness (QED) is 0.885. The molecule has 0 amide bonds. The van der Waals surface area contributed by atoms with Crippen LogP contribution >= 0.6 is 15.9 Å². The van der Waals surface area contributed by atoms with E-state index in [0.29, 0.717) is 16.7 Å². The average Bonchev–Trinajstić information content (AvgIpc) is 2.64. The number of furan rings is 1. The van der Waals surface area contributed by atoms with Crippen LogP contribution in [0.3, 0.4) is 0 Å². The summed E-state index contributed by atoms with van der Waals surface area (Å²) < 4.78 is 5.81. The lowest BCUT2D eigenvalue weighted by Crippen LogP contribution is -2.14. The third kappa shape index (κ3) is 1.76. The van der Waals surface area contributed by atoms with E-state index in [2.05, 4.69) is 25.9 Å². The molecular formula is C10H9BrN2O3. The topological polar surface area (TPSA) is 79.1 Å². The van der Waals surface area contributed by atoms with Crippen LogP contribution in [-0.4, -0.2) is 15.1 Å². The van der Waals surface area contributed by atoms with Gasteiger partial charge in [0.2, 0.25) is 5.88 Å². The zero-order valence-electron chi connectivity index (χ0n) is 8.45. The fraction of sp³-hybridized carbons (Fsp3) is 0.200. The van der Waals surface area contributed by atoms with E-state index >= 15 is 0 Å². The Morgan fingerprint density at radius 3 is 2.88 bits per heavy atom. The fourth-order valence-electron chi connectivity index (χ4n) is 1.37. The predicted octanol–water partition coefficient (Wildman–Crippen LogP) is 2.06. The number of hydrogen-bond donors (Lipinski definition) is 2. The highest BCUT2D eigenvalue weighted by Crippen LogP contribution is 2.27. The van der Waals surface area contributed by atoms with Crippen LogP contribution in [0.15, 0.2) is 26.0 Å². The molecule has 0 saturated heterocycles. The highest BCUT2D eigenvalue weighted by molar-refractivity contribution is 9.10. The van der Waals surface area contributed by atoms with Crippen molar-refractivity contribution in [1.29, 1.82) is 0 Å². The van der Waals surface area contributed by atoms with Crippen molar-refractivity contribution in [3.05, 3.63) is 32.7 Å². The van der Waals surface area contributed by atoms with Gasteiger partial charge >= 0.3 is 0 Å². The Morgan fingerprint density at radius 2 is 2.38 bits per heavy atom. The van der Waals surface area contributed by atoms with Gasteiger partial charge in [0.25, 0.3) is 5.56 Å². The van der Waals surface area contributed by atoms with Crippen LogP contribution in [0.1, 0.15) is 12.5 Å². The second kappa shape index (κ2) is 4.13. The van der Waals surface area contributed by atoms with Crippen molar-refractivity contribution < 1.29 is 9.52 Å².